The Hall–Kier alpha value is -2.89. The van der Waals surface area contributed by atoms with Gasteiger partial charge in [-0.3, -0.25) is 14.9 Å². The highest BCUT2D eigenvalue weighted by Crippen LogP contribution is 2.52. The van der Waals surface area contributed by atoms with Crippen molar-refractivity contribution in [1.29, 1.82) is 0 Å². The first-order valence-electron chi connectivity index (χ1n) is 8.97. The van der Waals surface area contributed by atoms with Crippen molar-refractivity contribution < 1.29 is 23.9 Å². The Bertz CT molecular complexity index is 854. The molecule has 3 rings (SSSR count). The molecule has 1 fully saturated rings. The minimum absolute atomic E-state index is 0.0517. The fourth-order valence-corrected chi connectivity index (χ4v) is 3.98. The molecule has 142 valence electrons. The smallest absolute Gasteiger partial charge is 0.254 e. The average molecular weight is 369 g/mol. The number of fused-ring (bicyclic) bond motifs is 1. The first-order valence-corrected chi connectivity index (χ1v) is 8.97. The maximum absolute atomic E-state index is 12.9. The summed E-state index contributed by atoms with van der Waals surface area (Å²) >= 11 is 0. The summed E-state index contributed by atoms with van der Waals surface area (Å²) in [4.78, 5) is 37.3. The number of imide groups is 1. The summed E-state index contributed by atoms with van der Waals surface area (Å²) in [6.07, 6.45) is 5.82. The fourth-order valence-electron chi connectivity index (χ4n) is 3.98. The molecule has 0 spiro atoms. The summed E-state index contributed by atoms with van der Waals surface area (Å²) in [5, 5.41) is 2.43. The summed E-state index contributed by atoms with van der Waals surface area (Å²) < 4.78 is 11.0. The van der Waals surface area contributed by atoms with Gasteiger partial charge in [0.2, 0.25) is 5.91 Å². The molecule has 2 amide bonds. The first-order chi connectivity index (χ1) is 12.9. The Balaban J connectivity index is 2.15. The molecule has 27 heavy (non-hydrogen) atoms. The molecule has 6 heteroatoms. The van der Waals surface area contributed by atoms with Gasteiger partial charge in [-0.15, -0.1) is 0 Å². The maximum Gasteiger partial charge on any atom is 0.254 e. The number of carbonyl (C=O) groups excluding carboxylic acids is 3. The van der Waals surface area contributed by atoms with E-state index in [9.17, 15) is 14.4 Å². The van der Waals surface area contributed by atoms with Gasteiger partial charge in [-0.1, -0.05) is 24.3 Å². The number of nitrogens with one attached hydrogen (secondary N) is 1. The second-order valence-electron chi connectivity index (χ2n) is 6.77. The van der Waals surface area contributed by atoms with Crippen molar-refractivity contribution in [3.8, 4) is 11.5 Å². The van der Waals surface area contributed by atoms with Crippen LogP contribution in [0.15, 0.2) is 42.0 Å². The van der Waals surface area contributed by atoms with Crippen LogP contribution in [0.2, 0.25) is 0 Å². The molecule has 2 atom stereocenters. The van der Waals surface area contributed by atoms with Crippen molar-refractivity contribution in [1.82, 2.24) is 5.32 Å². The quantitative estimate of drug-likeness (QED) is 0.748. The second-order valence-corrected chi connectivity index (χ2v) is 6.77. The molecule has 2 unspecified atom stereocenters. The van der Waals surface area contributed by atoms with Crippen LogP contribution < -0.4 is 14.8 Å². The molecule has 1 aliphatic heterocycles. The van der Waals surface area contributed by atoms with E-state index < -0.39 is 17.2 Å². The lowest BCUT2D eigenvalue weighted by atomic mass is 9.63. The zero-order chi connectivity index (χ0) is 19.6. The number of ketones is 1. The van der Waals surface area contributed by atoms with E-state index >= 15 is 0 Å². The summed E-state index contributed by atoms with van der Waals surface area (Å²) in [5.41, 5.74) is 0.0887. The molecule has 0 radical (unpaired) electrons. The molecule has 0 aromatic heterocycles. The van der Waals surface area contributed by atoms with E-state index in [0.29, 0.717) is 30.1 Å². The van der Waals surface area contributed by atoms with Gasteiger partial charge in [-0.05, 0) is 38.0 Å². The molecule has 1 aliphatic carbocycles. The Labute approximate surface area is 158 Å². The van der Waals surface area contributed by atoms with Gasteiger partial charge in [0.05, 0.1) is 19.1 Å². The number of hydrogen-bond donors (Lipinski definition) is 1. The molecule has 0 saturated carbocycles. The van der Waals surface area contributed by atoms with Crippen LogP contribution in [0.5, 0.6) is 11.5 Å². The van der Waals surface area contributed by atoms with E-state index in [-0.39, 0.29) is 18.1 Å². The number of ether oxygens (including phenoxy) is 2. The molecule has 1 heterocycles. The van der Waals surface area contributed by atoms with Crippen LogP contribution in [0.3, 0.4) is 0 Å². The number of hydrogen-bond acceptors (Lipinski definition) is 5. The summed E-state index contributed by atoms with van der Waals surface area (Å²) in [6.45, 7) is 3.82. The average Bonchev–Trinajstić information content (AvgIpc) is 2.91. The van der Waals surface area contributed by atoms with Crippen LogP contribution in [-0.4, -0.2) is 31.3 Å². The SMILES string of the molecule is CCOc1cc(C(CC(C)=O)C23CC=CC=C2C(=O)NC3=O)ccc1OC. The summed E-state index contributed by atoms with van der Waals surface area (Å²) in [7, 11) is 1.55. The monoisotopic (exact) mass is 369 g/mol. The van der Waals surface area contributed by atoms with Gasteiger partial charge >= 0.3 is 0 Å². The van der Waals surface area contributed by atoms with Gasteiger partial charge in [0, 0.05) is 17.9 Å². The predicted molar refractivity (Wildman–Crippen MR) is 99.6 cm³/mol. The van der Waals surface area contributed by atoms with Crippen molar-refractivity contribution >= 4 is 17.6 Å². The highest BCUT2D eigenvalue weighted by molar-refractivity contribution is 6.18. The Kier molecular flexibility index (Phi) is 5.17. The summed E-state index contributed by atoms with van der Waals surface area (Å²) in [6, 6.07) is 5.40. The maximum atomic E-state index is 12.9. The molecule has 1 aromatic rings. The molecule has 2 aliphatic rings. The molecule has 1 aromatic carbocycles. The van der Waals surface area contributed by atoms with Crippen LogP contribution in [-0.2, 0) is 14.4 Å². The molecular formula is C21H23NO5. The number of Topliss-reactive ketones (excluding diaryl/α,β-unsaturated/α-hetero) is 1. The van der Waals surface area contributed by atoms with Gasteiger partial charge < -0.3 is 14.3 Å². The molecule has 1 saturated heterocycles. The topological polar surface area (TPSA) is 81.7 Å². The number of allylic oxidation sites excluding steroid dienone is 3. The lowest BCUT2D eigenvalue weighted by molar-refractivity contribution is -0.129. The normalized spacial score (nSPS) is 22.0. The van der Waals surface area contributed by atoms with Gasteiger partial charge in [0.1, 0.15) is 5.78 Å². The van der Waals surface area contributed by atoms with E-state index in [1.165, 1.54) is 6.92 Å². The zero-order valence-corrected chi connectivity index (χ0v) is 15.7. The van der Waals surface area contributed by atoms with Crippen molar-refractivity contribution in [3.63, 3.8) is 0 Å². The number of amides is 2. The molecule has 6 nitrogen and oxygen atoms in total. The number of methoxy groups -OCH3 is 1. The highest BCUT2D eigenvalue weighted by Gasteiger charge is 2.56. The lowest BCUT2D eigenvalue weighted by Crippen LogP contribution is -2.39. The number of benzene rings is 1. The van der Waals surface area contributed by atoms with Crippen LogP contribution in [0.4, 0.5) is 0 Å². The minimum atomic E-state index is -1.09. The lowest BCUT2D eigenvalue weighted by Gasteiger charge is -2.36. The Morgan fingerprint density at radius 2 is 2.07 bits per heavy atom. The first kappa shape index (κ1) is 18.9. The Morgan fingerprint density at radius 3 is 2.74 bits per heavy atom. The van der Waals surface area contributed by atoms with Crippen molar-refractivity contribution in [2.24, 2.45) is 5.41 Å². The van der Waals surface area contributed by atoms with E-state index in [0.717, 1.165) is 5.56 Å². The van der Waals surface area contributed by atoms with Crippen molar-refractivity contribution in [2.45, 2.75) is 32.6 Å². The van der Waals surface area contributed by atoms with Gasteiger partial charge in [0.25, 0.3) is 5.91 Å². The second kappa shape index (κ2) is 7.39. The van der Waals surface area contributed by atoms with Crippen LogP contribution in [0.25, 0.3) is 0 Å². The highest BCUT2D eigenvalue weighted by atomic mass is 16.5. The third kappa shape index (κ3) is 3.16. The van der Waals surface area contributed by atoms with E-state index in [1.807, 2.05) is 19.1 Å². The Morgan fingerprint density at radius 1 is 1.30 bits per heavy atom. The fraction of sp³-hybridized carbons (Fsp3) is 0.381. The van der Waals surface area contributed by atoms with E-state index in [2.05, 4.69) is 5.32 Å². The minimum Gasteiger partial charge on any atom is -0.493 e. The van der Waals surface area contributed by atoms with Gasteiger partial charge in [0.15, 0.2) is 11.5 Å². The number of carbonyl (C=O) groups is 3. The van der Waals surface area contributed by atoms with Crippen LogP contribution in [0, 0.1) is 5.41 Å². The van der Waals surface area contributed by atoms with Gasteiger partial charge in [-0.2, -0.15) is 0 Å². The van der Waals surface area contributed by atoms with Crippen LogP contribution >= 0.6 is 0 Å². The molecule has 0 bridgehead atoms. The number of rotatable bonds is 7. The van der Waals surface area contributed by atoms with Crippen LogP contribution in [0.1, 0.15) is 38.2 Å². The standard InChI is InChI=1S/C21H23NO5/c1-4-27-18-12-14(8-9-17(18)26-3)16(11-13(2)23)21-10-6-5-7-15(21)19(24)22-20(21)25/h5-9,12,16H,4,10-11H2,1-3H3,(H,22,24,25). The largest absolute Gasteiger partial charge is 0.493 e. The van der Waals surface area contributed by atoms with Crippen molar-refractivity contribution in [2.75, 3.05) is 13.7 Å². The van der Waals surface area contributed by atoms with E-state index in [1.54, 1.807) is 31.4 Å². The molecule has 1 N–H and O–H groups in total. The molecular weight excluding hydrogens is 346 g/mol. The third-order valence-electron chi connectivity index (χ3n) is 5.17. The predicted octanol–water partition coefficient (Wildman–Crippen LogP) is 2.69. The van der Waals surface area contributed by atoms with E-state index in [4.69, 9.17) is 9.47 Å². The third-order valence-corrected chi connectivity index (χ3v) is 5.17. The van der Waals surface area contributed by atoms with Gasteiger partial charge in [-0.25, -0.2) is 0 Å². The summed E-state index contributed by atoms with van der Waals surface area (Å²) in [5.74, 6) is -0.165. The zero-order valence-electron chi connectivity index (χ0n) is 15.7. The van der Waals surface area contributed by atoms with Crippen molar-refractivity contribution in [3.05, 3.63) is 47.6 Å².